The van der Waals surface area contributed by atoms with Crippen LogP contribution in [0.3, 0.4) is 0 Å². The molecule has 2 aromatic carbocycles. The van der Waals surface area contributed by atoms with Crippen LogP contribution in [-0.2, 0) is 17.1 Å². The Bertz CT molecular complexity index is 721. The monoisotopic (exact) mass is 375 g/mol. The van der Waals surface area contributed by atoms with Gasteiger partial charge in [0, 0.05) is 17.9 Å². The molecule has 2 aromatic rings. The smallest absolute Gasteiger partial charge is 0.233 e. The normalized spacial score (nSPS) is 11.5. The van der Waals surface area contributed by atoms with Crippen molar-refractivity contribution in [1.29, 1.82) is 0 Å². The van der Waals surface area contributed by atoms with Gasteiger partial charge in [0.05, 0.1) is 26.6 Å². The van der Waals surface area contributed by atoms with Crippen LogP contribution in [0.5, 0.6) is 17.2 Å². The summed E-state index contributed by atoms with van der Waals surface area (Å²) in [5.41, 5.74) is 2.04. The van der Waals surface area contributed by atoms with Crippen LogP contribution in [0, 0.1) is 0 Å². The molecule has 0 heterocycles. The van der Waals surface area contributed by atoms with E-state index in [4.69, 9.17) is 14.2 Å². The summed E-state index contributed by atoms with van der Waals surface area (Å²) in [5, 5.41) is 2.81. The van der Waals surface area contributed by atoms with E-state index in [1.807, 2.05) is 31.2 Å². The molecule has 1 atom stereocenters. The maximum atomic E-state index is 12.4. The highest BCUT2D eigenvalue weighted by Gasteiger charge is 2.18. The fourth-order valence-corrected chi connectivity index (χ4v) is 3.37. The third-order valence-electron chi connectivity index (χ3n) is 3.95. The summed E-state index contributed by atoms with van der Waals surface area (Å²) in [6.07, 6.45) is 0. The van der Waals surface area contributed by atoms with Crippen LogP contribution >= 0.6 is 11.8 Å². The number of methoxy groups -OCH3 is 3. The molecular formula is C20H25NO4S. The molecule has 0 unspecified atom stereocenters. The minimum atomic E-state index is -0.152. The molecule has 1 amide bonds. The first-order valence-corrected chi connectivity index (χ1v) is 9.36. The number of carbonyl (C=O) groups excluding carboxylic acids is 1. The zero-order valence-electron chi connectivity index (χ0n) is 15.6. The van der Waals surface area contributed by atoms with E-state index >= 15 is 0 Å². The summed E-state index contributed by atoms with van der Waals surface area (Å²) in [6, 6.07) is 13.8. The molecule has 5 nitrogen and oxygen atoms in total. The molecule has 0 bridgehead atoms. The Morgan fingerprint density at radius 2 is 1.69 bits per heavy atom. The molecule has 0 saturated carbocycles. The number of benzene rings is 2. The Kier molecular flexibility index (Phi) is 7.66. The summed E-state index contributed by atoms with van der Waals surface area (Å²) < 4.78 is 16.1. The maximum Gasteiger partial charge on any atom is 0.233 e. The summed E-state index contributed by atoms with van der Waals surface area (Å²) in [4.78, 5) is 12.4. The third kappa shape index (κ3) is 5.08. The first kappa shape index (κ1) is 20.0. The van der Waals surface area contributed by atoms with E-state index in [-0.39, 0.29) is 11.2 Å². The molecule has 0 radical (unpaired) electrons. The number of carbonyl (C=O) groups is 1. The fraction of sp³-hybridized carbons (Fsp3) is 0.350. The molecule has 0 saturated heterocycles. The predicted octanol–water partition coefficient (Wildman–Crippen LogP) is 3.65. The van der Waals surface area contributed by atoms with E-state index in [0.717, 1.165) is 11.3 Å². The molecule has 2 rings (SSSR count). The zero-order valence-corrected chi connectivity index (χ0v) is 16.4. The fourth-order valence-electron chi connectivity index (χ4n) is 2.50. The van der Waals surface area contributed by atoms with Gasteiger partial charge in [0.15, 0.2) is 11.5 Å². The van der Waals surface area contributed by atoms with Gasteiger partial charge in [-0.15, -0.1) is 11.8 Å². The van der Waals surface area contributed by atoms with Crippen molar-refractivity contribution >= 4 is 17.7 Å². The van der Waals surface area contributed by atoms with Gasteiger partial charge in [-0.1, -0.05) is 30.3 Å². The molecular weight excluding hydrogens is 350 g/mol. The number of amides is 1. The van der Waals surface area contributed by atoms with E-state index in [1.54, 1.807) is 39.2 Å². The molecule has 26 heavy (non-hydrogen) atoms. The van der Waals surface area contributed by atoms with Crippen molar-refractivity contribution in [2.75, 3.05) is 21.3 Å². The highest BCUT2D eigenvalue weighted by Crippen LogP contribution is 2.39. The lowest BCUT2D eigenvalue weighted by Gasteiger charge is -2.17. The molecule has 0 fully saturated rings. The first-order chi connectivity index (χ1) is 12.6. The number of thioether (sulfide) groups is 1. The van der Waals surface area contributed by atoms with Crippen molar-refractivity contribution in [3.8, 4) is 17.2 Å². The number of rotatable bonds is 9. The number of ether oxygens (including phenoxy) is 3. The molecule has 1 N–H and O–H groups in total. The van der Waals surface area contributed by atoms with Gasteiger partial charge in [0.2, 0.25) is 11.7 Å². The minimum Gasteiger partial charge on any atom is -0.493 e. The second-order valence-electron chi connectivity index (χ2n) is 5.65. The van der Waals surface area contributed by atoms with Crippen molar-refractivity contribution in [3.63, 3.8) is 0 Å². The van der Waals surface area contributed by atoms with Crippen molar-refractivity contribution in [1.82, 2.24) is 5.32 Å². The molecule has 0 aliphatic rings. The standard InChI is InChI=1S/C20H25NO4S/c1-14(26-13-15-8-6-5-7-9-15)20(22)21-12-16-10-11-17(23-2)19(25-4)18(16)24-3/h5-11,14H,12-13H2,1-4H3,(H,21,22)/t14-/m0/s1. The second kappa shape index (κ2) is 9.97. The number of nitrogens with one attached hydrogen (secondary N) is 1. The lowest BCUT2D eigenvalue weighted by atomic mass is 10.1. The molecule has 6 heteroatoms. The minimum absolute atomic E-state index is 0.0113. The van der Waals surface area contributed by atoms with Crippen LogP contribution < -0.4 is 19.5 Å². The Balaban J connectivity index is 1.96. The average molecular weight is 375 g/mol. The zero-order chi connectivity index (χ0) is 18.9. The number of hydrogen-bond acceptors (Lipinski definition) is 5. The Morgan fingerprint density at radius 3 is 2.31 bits per heavy atom. The summed E-state index contributed by atoms with van der Waals surface area (Å²) in [6.45, 7) is 2.27. The molecule has 0 aromatic heterocycles. The van der Waals surface area contributed by atoms with Crippen LogP contribution in [0.25, 0.3) is 0 Å². The van der Waals surface area contributed by atoms with Gasteiger partial charge in [-0.3, -0.25) is 4.79 Å². The lowest BCUT2D eigenvalue weighted by Crippen LogP contribution is -2.30. The van der Waals surface area contributed by atoms with E-state index in [9.17, 15) is 4.79 Å². The number of hydrogen-bond donors (Lipinski definition) is 1. The largest absolute Gasteiger partial charge is 0.493 e. The van der Waals surface area contributed by atoms with Crippen molar-refractivity contribution < 1.29 is 19.0 Å². The molecule has 0 spiro atoms. The maximum absolute atomic E-state index is 12.4. The first-order valence-electron chi connectivity index (χ1n) is 8.31. The Morgan fingerprint density at radius 1 is 1.00 bits per heavy atom. The molecule has 140 valence electrons. The highest BCUT2D eigenvalue weighted by molar-refractivity contribution is 7.99. The van der Waals surface area contributed by atoms with E-state index < -0.39 is 0 Å². The van der Waals surface area contributed by atoms with Crippen LogP contribution in [0.2, 0.25) is 0 Å². The summed E-state index contributed by atoms with van der Waals surface area (Å²) in [7, 11) is 4.70. The Hall–Kier alpha value is -2.34. The summed E-state index contributed by atoms with van der Waals surface area (Å²) in [5.74, 6) is 2.47. The molecule has 0 aliphatic heterocycles. The van der Waals surface area contributed by atoms with Gasteiger partial charge >= 0.3 is 0 Å². The second-order valence-corrected chi connectivity index (χ2v) is 6.98. The molecule has 0 aliphatic carbocycles. The van der Waals surface area contributed by atoms with Crippen LogP contribution in [0.15, 0.2) is 42.5 Å². The van der Waals surface area contributed by atoms with E-state index in [0.29, 0.717) is 23.8 Å². The van der Waals surface area contributed by atoms with Crippen molar-refractivity contribution in [3.05, 3.63) is 53.6 Å². The van der Waals surface area contributed by atoms with Gasteiger partial charge in [0.1, 0.15) is 0 Å². The average Bonchev–Trinajstić information content (AvgIpc) is 2.69. The van der Waals surface area contributed by atoms with Crippen LogP contribution in [0.1, 0.15) is 18.1 Å². The van der Waals surface area contributed by atoms with Gasteiger partial charge < -0.3 is 19.5 Å². The topological polar surface area (TPSA) is 56.8 Å². The Labute approximate surface area is 159 Å². The van der Waals surface area contributed by atoms with Crippen molar-refractivity contribution in [2.24, 2.45) is 0 Å². The van der Waals surface area contributed by atoms with Crippen LogP contribution in [-0.4, -0.2) is 32.5 Å². The third-order valence-corrected chi connectivity index (χ3v) is 5.16. The highest BCUT2D eigenvalue weighted by atomic mass is 32.2. The van der Waals surface area contributed by atoms with Gasteiger partial charge in [-0.25, -0.2) is 0 Å². The quantitative estimate of drug-likeness (QED) is 0.725. The van der Waals surface area contributed by atoms with Gasteiger partial charge in [0.25, 0.3) is 0 Å². The predicted molar refractivity (Wildman–Crippen MR) is 105 cm³/mol. The van der Waals surface area contributed by atoms with Crippen molar-refractivity contribution in [2.45, 2.75) is 24.5 Å². The van der Waals surface area contributed by atoms with E-state index in [1.165, 1.54) is 5.56 Å². The lowest BCUT2D eigenvalue weighted by molar-refractivity contribution is -0.120. The van der Waals surface area contributed by atoms with Gasteiger partial charge in [-0.2, -0.15) is 0 Å². The SMILES string of the molecule is COc1ccc(CNC(=O)[C@H](C)SCc2ccccc2)c(OC)c1OC. The van der Waals surface area contributed by atoms with E-state index in [2.05, 4.69) is 17.4 Å². The van der Waals surface area contributed by atoms with Crippen LogP contribution in [0.4, 0.5) is 0 Å². The van der Waals surface area contributed by atoms with Gasteiger partial charge in [-0.05, 0) is 24.6 Å². The summed E-state index contributed by atoms with van der Waals surface area (Å²) >= 11 is 1.61.